The molecule has 2 aliphatic heterocycles. The van der Waals surface area contributed by atoms with E-state index in [-0.39, 0.29) is 0 Å². The Bertz CT molecular complexity index is 618. The Hall–Kier alpha value is -1.21. The second-order valence-corrected chi connectivity index (χ2v) is 8.08. The van der Waals surface area contributed by atoms with Gasteiger partial charge in [-0.15, -0.1) is 0 Å². The Morgan fingerprint density at radius 2 is 1.25 bits per heavy atom. The van der Waals surface area contributed by atoms with Crippen LogP contribution in [0.4, 0.5) is 4.79 Å². The lowest BCUT2D eigenvalue weighted by Gasteiger charge is -2.46. The van der Waals surface area contributed by atoms with Gasteiger partial charge in [-0.05, 0) is 6.42 Å². The molecule has 1 unspecified atom stereocenters. The van der Waals surface area contributed by atoms with E-state index < -0.39 is 105 Å². The number of aliphatic hydroxyl groups excluding tert-OH is 8. The third-order valence-electron chi connectivity index (χ3n) is 5.73. The first-order chi connectivity index (χ1) is 14.8. The fourth-order valence-corrected chi connectivity index (χ4v) is 3.98. The van der Waals surface area contributed by atoms with Gasteiger partial charge in [0.05, 0.1) is 19.3 Å². The fraction of sp³-hybridized carbons (Fsp3) is 0.941. The standard InChI is InChI=1S/C17H31NO14/c19-3-7-10(22)12(24)9(21)6(31-7)1-5(18-16(27)28)2-17(29,30)15-14(26)13(25)11(23)8(4-20)32-15/h5-15,18-26,29-30H,1-4H2,(H,27,28)/t5?,6-,7+,8+,9+,10+,11+,12+,13-,14-,15+/m0/s1. The van der Waals surface area contributed by atoms with Gasteiger partial charge in [0, 0.05) is 12.5 Å². The third-order valence-corrected chi connectivity index (χ3v) is 5.73. The van der Waals surface area contributed by atoms with Gasteiger partial charge in [-0.2, -0.15) is 0 Å². The summed E-state index contributed by atoms with van der Waals surface area (Å²) in [6.07, 6.45) is -19.9. The zero-order valence-electron chi connectivity index (χ0n) is 16.8. The number of hydrogen-bond donors (Lipinski definition) is 12. The van der Waals surface area contributed by atoms with E-state index in [1.54, 1.807) is 0 Å². The van der Waals surface area contributed by atoms with E-state index >= 15 is 0 Å². The van der Waals surface area contributed by atoms with E-state index in [9.17, 15) is 55.9 Å². The normalized spacial score (nSPS) is 41.8. The molecule has 12 N–H and O–H groups in total. The molecule has 0 bridgehead atoms. The average molecular weight is 473 g/mol. The van der Waals surface area contributed by atoms with Crippen molar-refractivity contribution in [2.45, 2.75) is 85.7 Å². The molecule has 0 aromatic rings. The van der Waals surface area contributed by atoms with Gasteiger partial charge < -0.3 is 71.0 Å². The monoisotopic (exact) mass is 473 g/mol. The van der Waals surface area contributed by atoms with Gasteiger partial charge in [0.15, 0.2) is 5.79 Å². The first kappa shape index (κ1) is 27.0. The summed E-state index contributed by atoms with van der Waals surface area (Å²) in [5.74, 6) is -3.02. The summed E-state index contributed by atoms with van der Waals surface area (Å²) in [6, 6.07) is -1.41. The molecule has 0 spiro atoms. The molecule has 0 saturated carbocycles. The van der Waals surface area contributed by atoms with Gasteiger partial charge in [0.25, 0.3) is 0 Å². The predicted molar refractivity (Wildman–Crippen MR) is 98.9 cm³/mol. The molecular weight excluding hydrogens is 442 g/mol. The number of nitrogens with one attached hydrogen (secondary N) is 1. The van der Waals surface area contributed by atoms with Gasteiger partial charge >= 0.3 is 6.09 Å². The smallest absolute Gasteiger partial charge is 0.404 e. The molecule has 1 amide bonds. The average Bonchev–Trinajstić information content (AvgIpc) is 2.71. The summed E-state index contributed by atoms with van der Waals surface area (Å²) in [5, 5.41) is 110. The highest BCUT2D eigenvalue weighted by molar-refractivity contribution is 5.64. The molecule has 2 saturated heterocycles. The second kappa shape index (κ2) is 10.8. The molecule has 2 fully saturated rings. The van der Waals surface area contributed by atoms with Crippen LogP contribution < -0.4 is 5.32 Å². The number of carboxylic acid groups (broad SMARTS) is 1. The van der Waals surface area contributed by atoms with Crippen LogP contribution in [-0.2, 0) is 9.47 Å². The molecule has 188 valence electrons. The zero-order chi connectivity index (χ0) is 24.4. The molecule has 11 atom stereocenters. The van der Waals surface area contributed by atoms with Gasteiger partial charge in [-0.3, -0.25) is 0 Å². The van der Waals surface area contributed by atoms with Crippen molar-refractivity contribution in [3.8, 4) is 0 Å². The number of amides is 1. The number of ether oxygens (including phenoxy) is 2. The maximum Gasteiger partial charge on any atom is 0.404 e. The highest BCUT2D eigenvalue weighted by Gasteiger charge is 2.53. The fourth-order valence-electron chi connectivity index (χ4n) is 3.98. The van der Waals surface area contributed by atoms with Gasteiger partial charge in [0.1, 0.15) is 54.9 Å². The Kier molecular flexibility index (Phi) is 9.13. The molecule has 32 heavy (non-hydrogen) atoms. The van der Waals surface area contributed by atoms with Crippen LogP contribution >= 0.6 is 0 Å². The van der Waals surface area contributed by atoms with Crippen molar-refractivity contribution in [2.75, 3.05) is 13.2 Å². The minimum absolute atomic E-state index is 0.478. The Morgan fingerprint density at radius 1 is 0.781 bits per heavy atom. The SMILES string of the molecule is O=C(O)NC(C[C@@H]1O[C@H](CO)[C@@H](O)[C@H](O)[C@@H]1O)CC(O)(O)[C@@H]1O[C@H](CO)[C@@H](O)[C@H](O)[C@@H]1O. The molecule has 0 aromatic heterocycles. The van der Waals surface area contributed by atoms with E-state index in [0.717, 1.165) is 0 Å². The van der Waals surface area contributed by atoms with E-state index in [1.807, 2.05) is 5.32 Å². The molecule has 2 rings (SSSR count). The van der Waals surface area contributed by atoms with E-state index in [4.69, 9.17) is 14.6 Å². The first-order valence-corrected chi connectivity index (χ1v) is 9.89. The van der Waals surface area contributed by atoms with Crippen LogP contribution in [0, 0.1) is 0 Å². The lowest BCUT2D eigenvalue weighted by molar-refractivity contribution is -0.324. The van der Waals surface area contributed by atoms with E-state index in [0.29, 0.717) is 0 Å². The van der Waals surface area contributed by atoms with Crippen LogP contribution in [0.25, 0.3) is 0 Å². The van der Waals surface area contributed by atoms with Crippen molar-refractivity contribution in [2.24, 2.45) is 0 Å². The first-order valence-electron chi connectivity index (χ1n) is 9.89. The lowest BCUT2D eigenvalue weighted by atomic mass is 9.85. The number of hydrogen-bond acceptors (Lipinski definition) is 13. The molecular formula is C17H31NO14. The number of rotatable bonds is 8. The molecule has 15 nitrogen and oxygen atoms in total. The number of aliphatic hydroxyl groups is 10. The summed E-state index contributed by atoms with van der Waals surface area (Å²) < 4.78 is 10.4. The van der Waals surface area contributed by atoms with E-state index in [2.05, 4.69) is 0 Å². The van der Waals surface area contributed by atoms with Crippen molar-refractivity contribution in [1.29, 1.82) is 0 Å². The summed E-state index contributed by atoms with van der Waals surface area (Å²) >= 11 is 0. The minimum atomic E-state index is -3.02. The molecule has 0 radical (unpaired) electrons. The summed E-state index contributed by atoms with van der Waals surface area (Å²) in [5.41, 5.74) is 0. The zero-order valence-corrected chi connectivity index (χ0v) is 16.8. The van der Waals surface area contributed by atoms with Crippen LogP contribution in [0.3, 0.4) is 0 Å². The van der Waals surface area contributed by atoms with Crippen LogP contribution in [0.1, 0.15) is 12.8 Å². The van der Waals surface area contributed by atoms with Crippen LogP contribution in [0.15, 0.2) is 0 Å². The van der Waals surface area contributed by atoms with Crippen molar-refractivity contribution < 1.29 is 70.4 Å². The van der Waals surface area contributed by atoms with Crippen molar-refractivity contribution in [3.63, 3.8) is 0 Å². The largest absolute Gasteiger partial charge is 0.465 e. The molecule has 0 aliphatic carbocycles. The summed E-state index contributed by atoms with van der Waals surface area (Å²) in [4.78, 5) is 11.2. The third kappa shape index (κ3) is 5.82. The Morgan fingerprint density at radius 3 is 1.75 bits per heavy atom. The van der Waals surface area contributed by atoms with Crippen LogP contribution in [0.2, 0.25) is 0 Å². The Balaban J connectivity index is 2.19. The summed E-state index contributed by atoms with van der Waals surface area (Å²) in [7, 11) is 0. The van der Waals surface area contributed by atoms with Crippen molar-refractivity contribution in [1.82, 2.24) is 5.32 Å². The predicted octanol–water partition coefficient (Wildman–Crippen LogP) is -6.23. The van der Waals surface area contributed by atoms with Gasteiger partial charge in [0.2, 0.25) is 0 Å². The maximum absolute atomic E-state index is 11.2. The summed E-state index contributed by atoms with van der Waals surface area (Å²) in [6.45, 7) is -1.56. The minimum Gasteiger partial charge on any atom is -0.465 e. The highest BCUT2D eigenvalue weighted by Crippen LogP contribution is 2.32. The molecule has 0 aromatic carbocycles. The van der Waals surface area contributed by atoms with Crippen molar-refractivity contribution in [3.05, 3.63) is 0 Å². The lowest BCUT2D eigenvalue weighted by Crippen LogP contribution is -2.66. The number of carbonyl (C=O) groups is 1. The second-order valence-electron chi connectivity index (χ2n) is 8.08. The molecule has 15 heteroatoms. The highest BCUT2D eigenvalue weighted by atomic mass is 16.6. The van der Waals surface area contributed by atoms with Crippen LogP contribution in [-0.4, -0.2) is 148 Å². The van der Waals surface area contributed by atoms with E-state index in [1.165, 1.54) is 0 Å². The molecule has 2 aliphatic rings. The van der Waals surface area contributed by atoms with Gasteiger partial charge in [-0.25, -0.2) is 4.79 Å². The maximum atomic E-state index is 11.2. The quantitative estimate of drug-likeness (QED) is 0.146. The van der Waals surface area contributed by atoms with Crippen molar-refractivity contribution >= 4 is 6.09 Å². The molecule has 2 heterocycles. The van der Waals surface area contributed by atoms with Gasteiger partial charge in [-0.1, -0.05) is 0 Å². The topological polar surface area (TPSA) is 270 Å². The van der Waals surface area contributed by atoms with Crippen LogP contribution in [0.5, 0.6) is 0 Å². The Labute approximate surface area is 181 Å².